The summed E-state index contributed by atoms with van der Waals surface area (Å²) >= 11 is 0. The van der Waals surface area contributed by atoms with Crippen molar-refractivity contribution in [3.05, 3.63) is 129 Å². The Morgan fingerprint density at radius 3 is 2.00 bits per heavy atom. The number of allylic oxidation sites excluding steroid dienone is 6. The Bertz CT molecular complexity index is 2030. The van der Waals surface area contributed by atoms with Crippen molar-refractivity contribution in [2.45, 2.75) is 91.4 Å². The van der Waals surface area contributed by atoms with E-state index >= 15 is 0 Å². The van der Waals surface area contributed by atoms with Crippen LogP contribution in [0.15, 0.2) is 90.0 Å². The summed E-state index contributed by atoms with van der Waals surface area (Å²) in [5, 5.41) is 2.85. The lowest BCUT2D eigenvalue weighted by molar-refractivity contribution is 0.336. The number of hydrogen-bond acceptors (Lipinski definition) is 0. The minimum atomic E-state index is -0.206. The number of fused-ring (bicyclic) bond motifs is 12. The van der Waals surface area contributed by atoms with Gasteiger partial charge >= 0.3 is 0 Å². The van der Waals surface area contributed by atoms with Crippen LogP contribution < -0.4 is 0 Å². The zero-order valence-corrected chi connectivity index (χ0v) is 28.2. The van der Waals surface area contributed by atoms with Crippen LogP contribution in [0, 0.1) is 11.8 Å². The minimum absolute atomic E-state index is 0.0323. The summed E-state index contributed by atoms with van der Waals surface area (Å²) in [7, 11) is 0. The van der Waals surface area contributed by atoms with Crippen molar-refractivity contribution in [2.75, 3.05) is 0 Å². The molecular weight excluding hydrogens is 528 g/mol. The monoisotopic (exact) mass is 574 g/mol. The van der Waals surface area contributed by atoms with Crippen molar-refractivity contribution in [1.82, 2.24) is 0 Å². The summed E-state index contributed by atoms with van der Waals surface area (Å²) in [5.74, 6) is 1.32. The van der Waals surface area contributed by atoms with E-state index < -0.39 is 0 Å². The third-order valence-corrected chi connectivity index (χ3v) is 11.9. The second-order valence-corrected chi connectivity index (χ2v) is 15.9. The second kappa shape index (κ2) is 8.75. The van der Waals surface area contributed by atoms with Gasteiger partial charge in [-0.25, -0.2) is 0 Å². The fourth-order valence-electron chi connectivity index (χ4n) is 10.6. The van der Waals surface area contributed by atoms with Gasteiger partial charge in [0.25, 0.3) is 0 Å². The molecule has 0 amide bonds. The average Bonchev–Trinajstić information content (AvgIpc) is 3.48. The number of rotatable bonds is 2. The molecule has 4 aliphatic carbocycles. The van der Waals surface area contributed by atoms with E-state index in [1.807, 2.05) is 0 Å². The smallest absolute Gasteiger partial charge is 0.0473 e. The zero-order chi connectivity index (χ0) is 31.1. The third kappa shape index (κ3) is 3.15. The molecule has 4 aliphatic rings. The summed E-state index contributed by atoms with van der Waals surface area (Å²) in [5.41, 5.74) is 19.1. The molecule has 4 aromatic rings. The van der Waals surface area contributed by atoms with E-state index in [4.69, 9.17) is 0 Å². The van der Waals surface area contributed by atoms with Crippen LogP contribution in [-0.2, 0) is 16.2 Å². The predicted molar refractivity (Wildman–Crippen MR) is 189 cm³/mol. The molecule has 44 heavy (non-hydrogen) atoms. The molecule has 0 saturated carbocycles. The Balaban J connectivity index is 1.56. The highest BCUT2D eigenvalue weighted by Gasteiger charge is 2.56. The molecule has 0 bridgehead atoms. The molecule has 0 nitrogen and oxygen atoms in total. The van der Waals surface area contributed by atoms with E-state index in [2.05, 4.69) is 148 Å². The average molecular weight is 575 g/mol. The van der Waals surface area contributed by atoms with Crippen LogP contribution in [0.3, 0.4) is 0 Å². The molecule has 0 aliphatic heterocycles. The molecular formula is C44H46. The zero-order valence-electron chi connectivity index (χ0n) is 28.2. The van der Waals surface area contributed by atoms with Crippen LogP contribution in [0.4, 0.5) is 0 Å². The Hall–Kier alpha value is -3.64. The van der Waals surface area contributed by atoms with Gasteiger partial charge in [-0.2, -0.15) is 0 Å². The van der Waals surface area contributed by atoms with Gasteiger partial charge in [0.15, 0.2) is 0 Å². The highest BCUT2D eigenvalue weighted by atomic mass is 14.6. The second-order valence-electron chi connectivity index (χ2n) is 15.9. The van der Waals surface area contributed by atoms with Crippen molar-refractivity contribution in [3.63, 3.8) is 0 Å². The van der Waals surface area contributed by atoms with Gasteiger partial charge in [-0.3, -0.25) is 0 Å². The van der Waals surface area contributed by atoms with Crippen molar-refractivity contribution < 1.29 is 0 Å². The highest BCUT2D eigenvalue weighted by Crippen LogP contribution is 2.68. The summed E-state index contributed by atoms with van der Waals surface area (Å²) in [4.78, 5) is 0. The molecule has 0 aromatic heterocycles. The SMILES string of the molecule is CC1=CC2(c3ccc4c(c3-c3cc(C(C)C)c5ccccc5c32)C(C)(C)C2=C4C(C)(C)c3ccccc32)C(C(C)C)C(C)=C1. The van der Waals surface area contributed by atoms with E-state index in [9.17, 15) is 0 Å². The first-order chi connectivity index (χ1) is 20.8. The number of benzene rings is 4. The van der Waals surface area contributed by atoms with E-state index in [0.29, 0.717) is 17.8 Å². The van der Waals surface area contributed by atoms with Crippen molar-refractivity contribution in [3.8, 4) is 11.1 Å². The Morgan fingerprint density at radius 1 is 0.636 bits per heavy atom. The van der Waals surface area contributed by atoms with Crippen molar-refractivity contribution in [1.29, 1.82) is 0 Å². The summed E-state index contributed by atoms with van der Waals surface area (Å²) in [6, 6.07) is 26.2. The highest BCUT2D eigenvalue weighted by molar-refractivity contribution is 6.13. The van der Waals surface area contributed by atoms with Gasteiger partial charge in [0.05, 0.1) is 0 Å². The topological polar surface area (TPSA) is 0 Å². The molecule has 1 spiro atoms. The lowest BCUT2D eigenvalue weighted by Gasteiger charge is -2.44. The quantitative estimate of drug-likeness (QED) is 0.223. The van der Waals surface area contributed by atoms with Crippen LogP contribution in [0.2, 0.25) is 0 Å². The molecule has 8 rings (SSSR count). The first-order valence-corrected chi connectivity index (χ1v) is 16.8. The van der Waals surface area contributed by atoms with Crippen LogP contribution >= 0.6 is 0 Å². The molecule has 0 saturated heterocycles. The summed E-state index contributed by atoms with van der Waals surface area (Å²) < 4.78 is 0. The van der Waals surface area contributed by atoms with E-state index in [-0.39, 0.29) is 16.2 Å². The molecule has 2 atom stereocenters. The molecule has 2 unspecified atom stereocenters. The van der Waals surface area contributed by atoms with E-state index in [0.717, 1.165) is 0 Å². The van der Waals surface area contributed by atoms with Gasteiger partial charge in [-0.1, -0.05) is 139 Å². The van der Waals surface area contributed by atoms with E-state index in [1.54, 1.807) is 16.7 Å². The summed E-state index contributed by atoms with van der Waals surface area (Å²) in [6.45, 7) is 24.2. The van der Waals surface area contributed by atoms with Crippen LogP contribution in [0.5, 0.6) is 0 Å². The standard InChI is InChI=1S/C44H46/c1-24(2)32-22-33-36-35(20-19-31-39(36)43(9,10)40-30-17-13-14-18-34(30)42(7,8)41(31)40)44(38(33)29-16-12-11-15-28(29)32)23-26(5)21-27(6)37(44)25(3)4/h11-25,37H,1-10H3. The van der Waals surface area contributed by atoms with Gasteiger partial charge in [-0.15, -0.1) is 0 Å². The molecule has 0 heteroatoms. The van der Waals surface area contributed by atoms with Crippen LogP contribution in [-0.4, -0.2) is 0 Å². The largest absolute Gasteiger partial charge is 0.0682 e. The molecule has 0 heterocycles. The first-order valence-electron chi connectivity index (χ1n) is 16.8. The Kier molecular flexibility index (Phi) is 5.54. The van der Waals surface area contributed by atoms with Crippen LogP contribution in [0.25, 0.3) is 33.0 Å². The van der Waals surface area contributed by atoms with Gasteiger partial charge in [0, 0.05) is 16.2 Å². The molecule has 4 aromatic carbocycles. The maximum atomic E-state index is 2.66. The van der Waals surface area contributed by atoms with Crippen molar-refractivity contribution >= 4 is 21.9 Å². The molecule has 0 N–H and O–H groups in total. The minimum Gasteiger partial charge on any atom is -0.0682 e. The Labute approximate surface area is 264 Å². The first kappa shape index (κ1) is 27.9. The normalized spacial score (nSPS) is 23.6. The molecule has 0 radical (unpaired) electrons. The maximum Gasteiger partial charge on any atom is 0.0473 e. The maximum absolute atomic E-state index is 2.66. The fourth-order valence-corrected chi connectivity index (χ4v) is 10.6. The third-order valence-electron chi connectivity index (χ3n) is 11.9. The van der Waals surface area contributed by atoms with Crippen LogP contribution in [0.1, 0.15) is 114 Å². The van der Waals surface area contributed by atoms with Gasteiger partial charge in [0.2, 0.25) is 0 Å². The fraction of sp³-hybridized carbons (Fsp3) is 0.364. The van der Waals surface area contributed by atoms with Gasteiger partial charge < -0.3 is 0 Å². The molecule has 0 fully saturated rings. The van der Waals surface area contributed by atoms with Crippen molar-refractivity contribution in [2.24, 2.45) is 11.8 Å². The summed E-state index contributed by atoms with van der Waals surface area (Å²) in [6.07, 6.45) is 5.11. The lowest BCUT2D eigenvalue weighted by atomic mass is 9.58. The van der Waals surface area contributed by atoms with E-state index in [1.165, 1.54) is 66.4 Å². The Morgan fingerprint density at radius 2 is 1.30 bits per heavy atom. The molecule has 222 valence electrons. The van der Waals surface area contributed by atoms with Gasteiger partial charge in [0.1, 0.15) is 0 Å². The lowest BCUT2D eigenvalue weighted by Crippen LogP contribution is -2.39. The van der Waals surface area contributed by atoms with Gasteiger partial charge in [-0.05, 0) is 110 Å². The number of hydrogen-bond donors (Lipinski definition) is 0. The predicted octanol–water partition coefficient (Wildman–Crippen LogP) is 11.9.